The molecule has 1 rings (SSSR count). The van der Waals surface area contributed by atoms with Gasteiger partial charge in [0.1, 0.15) is 0 Å². The lowest BCUT2D eigenvalue weighted by Crippen LogP contribution is -2.02. The predicted octanol–water partition coefficient (Wildman–Crippen LogP) is 3.03. The first kappa shape index (κ1) is 11.0. The van der Waals surface area contributed by atoms with Crippen LogP contribution in [0.3, 0.4) is 0 Å². The zero-order chi connectivity index (χ0) is 10.6. The van der Waals surface area contributed by atoms with Crippen molar-refractivity contribution in [1.29, 1.82) is 0 Å². The van der Waals surface area contributed by atoms with Crippen LogP contribution in [0, 0.1) is 5.92 Å². The molecule has 0 bridgehead atoms. The van der Waals surface area contributed by atoms with E-state index < -0.39 is 0 Å². The van der Waals surface area contributed by atoms with Crippen molar-refractivity contribution in [2.24, 2.45) is 11.0 Å². The summed E-state index contributed by atoms with van der Waals surface area (Å²) in [4.78, 5) is 6.61. The van der Waals surface area contributed by atoms with Gasteiger partial charge in [-0.2, -0.15) is 4.98 Å². The number of halogens is 1. The maximum Gasteiger partial charge on any atom is 0.217 e. The summed E-state index contributed by atoms with van der Waals surface area (Å²) in [7, 11) is 0. The van der Waals surface area contributed by atoms with Crippen LogP contribution in [0.4, 0.5) is 5.95 Å². The molecule has 0 saturated heterocycles. The molecule has 14 heavy (non-hydrogen) atoms. The summed E-state index contributed by atoms with van der Waals surface area (Å²) in [6.45, 7) is 4.96. The molecule has 0 atom stereocenters. The van der Waals surface area contributed by atoms with Gasteiger partial charge in [0.25, 0.3) is 0 Å². The number of aromatic nitrogens is 3. The van der Waals surface area contributed by atoms with Gasteiger partial charge in [-0.25, -0.2) is 4.68 Å². The van der Waals surface area contributed by atoms with E-state index in [1.165, 1.54) is 0 Å². The second kappa shape index (κ2) is 4.97. The predicted molar refractivity (Wildman–Crippen MR) is 56.0 cm³/mol. The molecule has 0 aliphatic rings. The Morgan fingerprint density at radius 3 is 2.93 bits per heavy atom. The summed E-state index contributed by atoms with van der Waals surface area (Å²) in [5.41, 5.74) is 8.29. The summed E-state index contributed by atoms with van der Waals surface area (Å²) < 4.78 is 2.05. The normalized spacial score (nSPS) is 10.3. The first-order chi connectivity index (χ1) is 6.63. The Morgan fingerprint density at radius 1 is 1.64 bits per heavy atom. The molecular formula is C7H11BrN6. The van der Waals surface area contributed by atoms with Crippen molar-refractivity contribution in [2.75, 3.05) is 0 Å². The maximum absolute atomic E-state index is 8.29. The van der Waals surface area contributed by atoms with Gasteiger partial charge in [0, 0.05) is 11.5 Å². The van der Waals surface area contributed by atoms with Crippen LogP contribution in [0.15, 0.2) is 9.85 Å². The number of azide groups is 1. The molecule has 0 saturated carbocycles. The van der Waals surface area contributed by atoms with Crippen molar-refractivity contribution in [3.63, 3.8) is 0 Å². The van der Waals surface area contributed by atoms with Crippen LogP contribution in [0.2, 0.25) is 0 Å². The fourth-order valence-corrected chi connectivity index (χ4v) is 1.30. The molecule has 0 fully saturated rings. The van der Waals surface area contributed by atoms with Crippen molar-refractivity contribution in [1.82, 2.24) is 14.8 Å². The summed E-state index contributed by atoms with van der Waals surface area (Å²) >= 11 is 3.13. The van der Waals surface area contributed by atoms with Crippen molar-refractivity contribution in [3.05, 3.63) is 15.2 Å². The Labute approximate surface area is 90.1 Å². The summed E-state index contributed by atoms with van der Waals surface area (Å²) in [6.07, 6.45) is 0.976. The number of aryl methyl sites for hydroxylation is 1. The van der Waals surface area contributed by atoms with Crippen LogP contribution < -0.4 is 0 Å². The maximum atomic E-state index is 8.29. The molecule has 76 valence electrons. The molecule has 6 nitrogen and oxygen atoms in total. The second-order valence-corrected chi connectivity index (χ2v) is 3.99. The van der Waals surface area contributed by atoms with Gasteiger partial charge in [0.05, 0.1) is 0 Å². The standard InChI is InChI=1S/C7H11BrN6/c1-5(2)3-4-14-7(11-13-9)10-6(8)12-14/h5H,3-4H2,1-2H3. The Balaban J connectivity index is 2.78. The van der Waals surface area contributed by atoms with Gasteiger partial charge >= 0.3 is 0 Å². The highest BCUT2D eigenvalue weighted by molar-refractivity contribution is 9.10. The molecule has 0 spiro atoms. The van der Waals surface area contributed by atoms with Gasteiger partial charge in [-0.15, -0.1) is 5.10 Å². The molecule has 0 radical (unpaired) electrons. The topological polar surface area (TPSA) is 79.5 Å². The largest absolute Gasteiger partial charge is 0.243 e. The fraction of sp³-hybridized carbons (Fsp3) is 0.714. The van der Waals surface area contributed by atoms with E-state index in [0.29, 0.717) is 23.1 Å². The van der Waals surface area contributed by atoms with Crippen LogP contribution in [-0.4, -0.2) is 14.8 Å². The van der Waals surface area contributed by atoms with Crippen LogP contribution in [0.25, 0.3) is 10.4 Å². The summed E-state index contributed by atoms with van der Waals surface area (Å²) in [6, 6.07) is 0. The van der Waals surface area contributed by atoms with E-state index in [-0.39, 0.29) is 0 Å². The van der Waals surface area contributed by atoms with Gasteiger partial charge < -0.3 is 0 Å². The molecule has 0 amide bonds. The van der Waals surface area contributed by atoms with E-state index in [1.54, 1.807) is 4.68 Å². The van der Waals surface area contributed by atoms with Gasteiger partial charge in [-0.3, -0.25) is 0 Å². The minimum absolute atomic E-state index is 0.306. The molecule has 0 N–H and O–H groups in total. The molecule has 0 aliphatic carbocycles. The van der Waals surface area contributed by atoms with Gasteiger partial charge in [-0.1, -0.05) is 13.8 Å². The number of hydrogen-bond acceptors (Lipinski definition) is 3. The highest BCUT2D eigenvalue weighted by Crippen LogP contribution is 2.14. The van der Waals surface area contributed by atoms with Gasteiger partial charge in [-0.05, 0) is 38.9 Å². The highest BCUT2D eigenvalue weighted by Gasteiger charge is 2.06. The van der Waals surface area contributed by atoms with E-state index in [2.05, 4.69) is 49.9 Å². The molecule has 0 unspecified atom stereocenters. The molecule has 1 aromatic heterocycles. The Morgan fingerprint density at radius 2 is 2.36 bits per heavy atom. The zero-order valence-electron chi connectivity index (χ0n) is 8.05. The minimum atomic E-state index is 0.306. The lowest BCUT2D eigenvalue weighted by atomic mass is 10.1. The summed E-state index contributed by atoms with van der Waals surface area (Å²) in [5.74, 6) is 0.886. The third kappa shape index (κ3) is 3.01. The molecular weight excluding hydrogens is 248 g/mol. The Bertz CT molecular complexity index is 351. The first-order valence-electron chi connectivity index (χ1n) is 4.29. The number of rotatable bonds is 4. The van der Waals surface area contributed by atoms with E-state index in [0.717, 1.165) is 6.42 Å². The molecule has 1 aromatic rings. The SMILES string of the molecule is CC(C)CCn1nc(Br)nc1N=[N+]=[N-]. The van der Waals surface area contributed by atoms with Crippen LogP contribution in [0.5, 0.6) is 0 Å². The van der Waals surface area contributed by atoms with E-state index in [4.69, 9.17) is 5.53 Å². The Hall–Kier alpha value is -1.07. The molecule has 0 aliphatic heterocycles. The van der Waals surface area contributed by atoms with Crippen molar-refractivity contribution in [2.45, 2.75) is 26.8 Å². The minimum Gasteiger partial charge on any atom is -0.243 e. The lowest BCUT2D eigenvalue weighted by molar-refractivity contribution is 0.488. The number of hydrogen-bond donors (Lipinski definition) is 0. The fourth-order valence-electron chi connectivity index (χ4n) is 0.951. The molecule has 7 heteroatoms. The lowest BCUT2D eigenvalue weighted by Gasteiger charge is -2.04. The average Bonchev–Trinajstić information content (AvgIpc) is 2.44. The third-order valence-corrected chi connectivity index (χ3v) is 2.01. The first-order valence-corrected chi connectivity index (χ1v) is 5.08. The quantitative estimate of drug-likeness (QED) is 0.473. The Kier molecular flexibility index (Phi) is 3.91. The average molecular weight is 259 g/mol. The van der Waals surface area contributed by atoms with Crippen molar-refractivity contribution >= 4 is 21.9 Å². The molecule has 1 heterocycles. The van der Waals surface area contributed by atoms with E-state index in [9.17, 15) is 0 Å². The van der Waals surface area contributed by atoms with E-state index in [1.807, 2.05) is 0 Å². The summed E-state index contributed by atoms with van der Waals surface area (Å²) in [5, 5.41) is 7.50. The second-order valence-electron chi connectivity index (χ2n) is 3.28. The highest BCUT2D eigenvalue weighted by atomic mass is 79.9. The zero-order valence-corrected chi connectivity index (χ0v) is 9.64. The van der Waals surface area contributed by atoms with Crippen LogP contribution >= 0.6 is 15.9 Å². The van der Waals surface area contributed by atoms with Crippen molar-refractivity contribution in [3.8, 4) is 0 Å². The van der Waals surface area contributed by atoms with E-state index >= 15 is 0 Å². The van der Waals surface area contributed by atoms with Gasteiger partial charge in [0.2, 0.25) is 10.7 Å². The van der Waals surface area contributed by atoms with Crippen molar-refractivity contribution < 1.29 is 0 Å². The monoisotopic (exact) mass is 258 g/mol. The van der Waals surface area contributed by atoms with Crippen LogP contribution in [-0.2, 0) is 6.54 Å². The smallest absolute Gasteiger partial charge is 0.217 e. The molecule has 0 aromatic carbocycles. The third-order valence-electron chi connectivity index (χ3n) is 1.68. The van der Waals surface area contributed by atoms with Gasteiger partial charge in [0.15, 0.2) is 0 Å². The number of nitrogens with zero attached hydrogens (tertiary/aromatic N) is 6. The van der Waals surface area contributed by atoms with Crippen LogP contribution in [0.1, 0.15) is 20.3 Å².